The van der Waals surface area contributed by atoms with E-state index in [2.05, 4.69) is 10.3 Å². The third-order valence-corrected chi connectivity index (χ3v) is 3.86. The Labute approximate surface area is 140 Å². The van der Waals surface area contributed by atoms with Gasteiger partial charge in [-0.3, -0.25) is 9.79 Å². The SMILES string of the molecule is O=C1Nc2ccccc2C1C=Nc1ccc(OCCCCl)cc1. The first-order valence-corrected chi connectivity index (χ1v) is 8.04. The summed E-state index contributed by atoms with van der Waals surface area (Å²) in [6.45, 7) is 0.602. The minimum absolute atomic E-state index is 0.0454. The molecule has 0 aliphatic carbocycles. The average Bonchev–Trinajstić information content (AvgIpc) is 2.90. The maximum atomic E-state index is 12.0. The molecule has 4 nitrogen and oxygen atoms in total. The van der Waals surface area contributed by atoms with E-state index in [0.717, 1.165) is 29.1 Å². The van der Waals surface area contributed by atoms with Crippen molar-refractivity contribution in [1.29, 1.82) is 0 Å². The van der Waals surface area contributed by atoms with Crippen molar-refractivity contribution in [3.63, 3.8) is 0 Å². The molecule has 1 atom stereocenters. The Bertz CT molecular complexity index is 713. The van der Waals surface area contributed by atoms with Crippen LogP contribution in [-0.2, 0) is 4.79 Å². The molecule has 0 radical (unpaired) electrons. The molecule has 0 aromatic heterocycles. The molecule has 118 valence electrons. The topological polar surface area (TPSA) is 50.7 Å². The molecule has 0 bridgehead atoms. The van der Waals surface area contributed by atoms with Gasteiger partial charge in [0.2, 0.25) is 5.91 Å². The number of carbonyl (C=O) groups excluding carboxylic acids is 1. The first kappa shape index (κ1) is 15.6. The molecule has 2 aromatic rings. The zero-order chi connectivity index (χ0) is 16.1. The lowest BCUT2D eigenvalue weighted by Crippen LogP contribution is -2.12. The van der Waals surface area contributed by atoms with Crippen LogP contribution in [0.4, 0.5) is 11.4 Å². The van der Waals surface area contributed by atoms with E-state index in [-0.39, 0.29) is 11.8 Å². The van der Waals surface area contributed by atoms with E-state index in [1.807, 2.05) is 48.5 Å². The van der Waals surface area contributed by atoms with E-state index < -0.39 is 0 Å². The van der Waals surface area contributed by atoms with Gasteiger partial charge in [-0.2, -0.15) is 0 Å². The van der Waals surface area contributed by atoms with Crippen molar-refractivity contribution in [3.8, 4) is 5.75 Å². The number of carbonyl (C=O) groups is 1. The molecule has 3 rings (SSSR count). The van der Waals surface area contributed by atoms with Crippen molar-refractivity contribution < 1.29 is 9.53 Å². The van der Waals surface area contributed by atoms with Gasteiger partial charge in [-0.25, -0.2) is 0 Å². The number of ether oxygens (including phenoxy) is 1. The number of rotatable bonds is 6. The molecule has 5 heteroatoms. The summed E-state index contributed by atoms with van der Waals surface area (Å²) in [6.07, 6.45) is 2.50. The molecule has 1 aliphatic rings. The number of halogens is 1. The van der Waals surface area contributed by atoms with Crippen LogP contribution in [0.25, 0.3) is 0 Å². The Morgan fingerprint density at radius 2 is 1.96 bits per heavy atom. The van der Waals surface area contributed by atoms with Gasteiger partial charge in [0, 0.05) is 17.8 Å². The lowest BCUT2D eigenvalue weighted by molar-refractivity contribution is -0.115. The molecular weight excluding hydrogens is 312 g/mol. The number of anilines is 1. The predicted octanol–water partition coefficient (Wildman–Crippen LogP) is 4.13. The standard InChI is InChI=1S/C18H17ClN2O2/c19-10-3-11-23-14-8-6-13(7-9-14)20-12-16-15-4-1-2-5-17(15)21-18(16)22/h1-2,4-9,12,16H,3,10-11H2,(H,21,22). The maximum absolute atomic E-state index is 12.0. The highest BCUT2D eigenvalue weighted by atomic mass is 35.5. The first-order chi connectivity index (χ1) is 11.3. The molecular formula is C18H17ClN2O2. The fraction of sp³-hybridized carbons (Fsp3) is 0.222. The molecule has 1 aliphatic heterocycles. The Morgan fingerprint density at radius 1 is 1.17 bits per heavy atom. The average molecular weight is 329 g/mol. The third kappa shape index (κ3) is 3.71. The van der Waals surface area contributed by atoms with Crippen molar-refractivity contribution in [2.75, 3.05) is 17.8 Å². The largest absolute Gasteiger partial charge is 0.494 e. The van der Waals surface area contributed by atoms with E-state index in [9.17, 15) is 4.79 Å². The van der Waals surface area contributed by atoms with Gasteiger partial charge in [-0.05, 0) is 42.3 Å². The monoisotopic (exact) mass is 328 g/mol. The van der Waals surface area contributed by atoms with Crippen LogP contribution in [0.1, 0.15) is 17.9 Å². The highest BCUT2D eigenvalue weighted by Gasteiger charge is 2.28. The molecule has 1 heterocycles. The predicted molar refractivity (Wildman–Crippen MR) is 93.2 cm³/mol. The number of hydrogen-bond donors (Lipinski definition) is 1. The van der Waals surface area contributed by atoms with Gasteiger partial charge in [0.15, 0.2) is 0 Å². The minimum atomic E-state index is -0.342. The Balaban J connectivity index is 1.67. The molecule has 0 spiro atoms. The Morgan fingerprint density at radius 3 is 2.74 bits per heavy atom. The summed E-state index contributed by atoms with van der Waals surface area (Å²) in [5.74, 6) is 0.993. The van der Waals surface area contributed by atoms with Crippen LogP contribution >= 0.6 is 11.6 Å². The van der Waals surface area contributed by atoms with E-state index >= 15 is 0 Å². The second kappa shape index (κ2) is 7.29. The van der Waals surface area contributed by atoms with Crippen molar-refractivity contribution >= 4 is 35.1 Å². The van der Waals surface area contributed by atoms with Crippen LogP contribution in [0.5, 0.6) is 5.75 Å². The van der Waals surface area contributed by atoms with Crippen LogP contribution in [0.2, 0.25) is 0 Å². The number of para-hydroxylation sites is 1. The van der Waals surface area contributed by atoms with Gasteiger partial charge in [0.25, 0.3) is 0 Å². The lowest BCUT2D eigenvalue weighted by atomic mass is 10.0. The van der Waals surface area contributed by atoms with Crippen LogP contribution in [-0.4, -0.2) is 24.6 Å². The Kier molecular flexibility index (Phi) is 4.93. The maximum Gasteiger partial charge on any atom is 0.237 e. The minimum Gasteiger partial charge on any atom is -0.494 e. The summed E-state index contributed by atoms with van der Waals surface area (Å²) >= 11 is 5.61. The fourth-order valence-corrected chi connectivity index (χ4v) is 2.52. The van der Waals surface area contributed by atoms with Gasteiger partial charge in [-0.15, -0.1) is 11.6 Å². The molecule has 2 aromatic carbocycles. The van der Waals surface area contributed by atoms with E-state index in [0.29, 0.717) is 12.5 Å². The highest BCUT2D eigenvalue weighted by molar-refractivity contribution is 6.17. The smallest absolute Gasteiger partial charge is 0.237 e. The fourth-order valence-electron chi connectivity index (χ4n) is 2.42. The lowest BCUT2D eigenvalue weighted by Gasteiger charge is -2.05. The Hall–Kier alpha value is -2.33. The summed E-state index contributed by atoms with van der Waals surface area (Å²) in [7, 11) is 0. The molecule has 0 saturated heterocycles. The van der Waals surface area contributed by atoms with E-state index in [1.165, 1.54) is 0 Å². The van der Waals surface area contributed by atoms with Gasteiger partial charge in [0.05, 0.1) is 12.3 Å². The van der Waals surface area contributed by atoms with Gasteiger partial charge < -0.3 is 10.1 Å². The number of alkyl halides is 1. The molecule has 23 heavy (non-hydrogen) atoms. The summed E-state index contributed by atoms with van der Waals surface area (Å²) in [6, 6.07) is 15.1. The van der Waals surface area contributed by atoms with Crippen LogP contribution < -0.4 is 10.1 Å². The molecule has 1 amide bonds. The van der Waals surface area contributed by atoms with Crippen molar-refractivity contribution in [2.24, 2.45) is 4.99 Å². The van der Waals surface area contributed by atoms with Crippen LogP contribution in [0.15, 0.2) is 53.5 Å². The van der Waals surface area contributed by atoms with Gasteiger partial charge >= 0.3 is 0 Å². The van der Waals surface area contributed by atoms with Crippen molar-refractivity contribution in [1.82, 2.24) is 0 Å². The first-order valence-electron chi connectivity index (χ1n) is 7.51. The van der Waals surface area contributed by atoms with Crippen LogP contribution in [0.3, 0.4) is 0 Å². The van der Waals surface area contributed by atoms with Gasteiger partial charge in [-0.1, -0.05) is 18.2 Å². The van der Waals surface area contributed by atoms with Crippen molar-refractivity contribution in [2.45, 2.75) is 12.3 Å². The van der Waals surface area contributed by atoms with E-state index in [1.54, 1.807) is 6.21 Å². The zero-order valence-electron chi connectivity index (χ0n) is 12.5. The molecule has 1 N–H and O–H groups in total. The number of hydrogen-bond acceptors (Lipinski definition) is 3. The quantitative estimate of drug-likeness (QED) is 0.492. The van der Waals surface area contributed by atoms with Crippen molar-refractivity contribution in [3.05, 3.63) is 54.1 Å². The second-order valence-electron chi connectivity index (χ2n) is 5.22. The number of benzene rings is 2. The molecule has 0 fully saturated rings. The van der Waals surface area contributed by atoms with Gasteiger partial charge in [0.1, 0.15) is 11.7 Å². The number of aliphatic imine (C=N–C) groups is 1. The van der Waals surface area contributed by atoms with E-state index in [4.69, 9.17) is 16.3 Å². The normalized spacial score (nSPS) is 16.4. The number of nitrogens with zero attached hydrogens (tertiary/aromatic N) is 1. The summed E-state index contributed by atoms with van der Waals surface area (Å²) < 4.78 is 5.54. The zero-order valence-corrected chi connectivity index (χ0v) is 13.3. The summed E-state index contributed by atoms with van der Waals surface area (Å²) in [5.41, 5.74) is 2.60. The number of nitrogens with one attached hydrogen (secondary N) is 1. The molecule has 0 saturated carbocycles. The summed E-state index contributed by atoms with van der Waals surface area (Å²) in [5, 5.41) is 2.86. The number of amides is 1. The summed E-state index contributed by atoms with van der Waals surface area (Å²) in [4.78, 5) is 16.4. The number of fused-ring (bicyclic) bond motifs is 1. The molecule has 1 unspecified atom stereocenters. The van der Waals surface area contributed by atoms with Crippen LogP contribution in [0, 0.1) is 0 Å². The highest BCUT2D eigenvalue weighted by Crippen LogP contribution is 2.31. The third-order valence-electron chi connectivity index (χ3n) is 3.59. The second-order valence-corrected chi connectivity index (χ2v) is 5.60.